The number of aromatic nitrogens is 1. The van der Waals surface area contributed by atoms with E-state index in [-0.39, 0.29) is 12.0 Å². The maximum absolute atomic E-state index is 12.9. The van der Waals surface area contributed by atoms with Crippen molar-refractivity contribution in [3.63, 3.8) is 0 Å². The highest BCUT2D eigenvalue weighted by molar-refractivity contribution is 7.20. The molecule has 2 heterocycles. The van der Waals surface area contributed by atoms with Gasteiger partial charge < -0.3 is 23.8 Å². The number of rotatable bonds is 6. The van der Waals surface area contributed by atoms with E-state index in [1.165, 1.54) is 11.3 Å². The molecule has 0 radical (unpaired) electrons. The molecular weight excluding hydrogens is 404 g/mol. The number of ether oxygens (including phenoxy) is 4. The molecule has 1 fully saturated rings. The molecule has 158 valence electrons. The predicted octanol–water partition coefficient (Wildman–Crippen LogP) is 4.01. The summed E-state index contributed by atoms with van der Waals surface area (Å²) in [6, 6.07) is 11.0. The van der Waals surface area contributed by atoms with Crippen LogP contribution in [-0.4, -0.2) is 56.3 Å². The Balaban J connectivity index is 1.38. The van der Waals surface area contributed by atoms with Gasteiger partial charge in [-0.2, -0.15) is 0 Å². The summed E-state index contributed by atoms with van der Waals surface area (Å²) in [6.45, 7) is 1.25. The normalized spacial score (nSPS) is 14.6. The Kier molecular flexibility index (Phi) is 5.94. The molecule has 0 saturated carbocycles. The third kappa shape index (κ3) is 4.28. The molecule has 1 aliphatic rings. The van der Waals surface area contributed by atoms with E-state index in [0.29, 0.717) is 35.3 Å². The Morgan fingerprint density at radius 2 is 1.63 bits per heavy atom. The van der Waals surface area contributed by atoms with Gasteiger partial charge in [0.25, 0.3) is 11.1 Å². The minimum atomic E-state index is -0.0299. The van der Waals surface area contributed by atoms with Gasteiger partial charge in [-0.1, -0.05) is 11.3 Å². The van der Waals surface area contributed by atoms with Crippen molar-refractivity contribution in [1.82, 2.24) is 9.88 Å². The van der Waals surface area contributed by atoms with Crippen molar-refractivity contribution in [2.45, 2.75) is 18.9 Å². The monoisotopic (exact) mass is 428 g/mol. The summed E-state index contributed by atoms with van der Waals surface area (Å²) in [5.41, 5.74) is 1.46. The third-order valence-corrected chi connectivity index (χ3v) is 6.08. The maximum atomic E-state index is 12.9. The first-order chi connectivity index (χ1) is 14.6. The Labute approximate surface area is 179 Å². The zero-order valence-corrected chi connectivity index (χ0v) is 18.0. The van der Waals surface area contributed by atoms with Gasteiger partial charge in [0.2, 0.25) is 0 Å². The molecule has 30 heavy (non-hydrogen) atoms. The van der Waals surface area contributed by atoms with Gasteiger partial charge in [0.1, 0.15) is 23.4 Å². The maximum Gasteiger partial charge on any atom is 0.274 e. The molecule has 4 rings (SSSR count). The first kappa shape index (κ1) is 20.3. The smallest absolute Gasteiger partial charge is 0.274 e. The standard InChI is InChI=1S/C22H24N2O5S/c1-26-16-4-5-19-20(13-16)30-22(23-19)29-15-6-8-24(9-7-15)21(25)14-10-17(27-2)12-18(11-14)28-3/h4-5,10-13,15H,6-9H2,1-3H3. The van der Waals surface area contributed by atoms with E-state index in [9.17, 15) is 4.79 Å². The van der Waals surface area contributed by atoms with Crippen LogP contribution < -0.4 is 18.9 Å². The summed E-state index contributed by atoms with van der Waals surface area (Å²) in [6.07, 6.45) is 1.55. The van der Waals surface area contributed by atoms with E-state index in [1.54, 1.807) is 39.5 Å². The van der Waals surface area contributed by atoms with Crippen LogP contribution in [0.25, 0.3) is 10.2 Å². The summed E-state index contributed by atoms with van der Waals surface area (Å²) in [5, 5.41) is 0.653. The van der Waals surface area contributed by atoms with Crippen LogP contribution in [0.15, 0.2) is 36.4 Å². The number of benzene rings is 2. The lowest BCUT2D eigenvalue weighted by atomic mass is 10.1. The Bertz CT molecular complexity index is 1020. The number of nitrogens with zero attached hydrogens (tertiary/aromatic N) is 2. The molecule has 0 aliphatic carbocycles. The molecule has 0 N–H and O–H groups in total. The lowest BCUT2D eigenvalue weighted by Gasteiger charge is -2.31. The van der Waals surface area contributed by atoms with Crippen molar-refractivity contribution in [2.24, 2.45) is 0 Å². The van der Waals surface area contributed by atoms with Crippen LogP contribution in [0.5, 0.6) is 22.4 Å². The molecule has 1 saturated heterocycles. The number of carbonyl (C=O) groups excluding carboxylic acids is 1. The number of carbonyl (C=O) groups is 1. The minimum absolute atomic E-state index is 0.0299. The highest BCUT2D eigenvalue weighted by Gasteiger charge is 2.26. The predicted molar refractivity (Wildman–Crippen MR) is 115 cm³/mol. The topological polar surface area (TPSA) is 70.1 Å². The SMILES string of the molecule is COc1cc(OC)cc(C(=O)N2CCC(Oc3nc4ccc(OC)cc4s3)CC2)c1. The molecule has 3 aromatic rings. The molecule has 8 heteroatoms. The summed E-state index contributed by atoms with van der Waals surface area (Å²) in [5.74, 6) is 1.98. The molecule has 0 unspecified atom stereocenters. The van der Waals surface area contributed by atoms with Crippen LogP contribution in [-0.2, 0) is 0 Å². The van der Waals surface area contributed by atoms with Crippen molar-refractivity contribution in [3.05, 3.63) is 42.0 Å². The molecule has 0 spiro atoms. The van der Waals surface area contributed by atoms with Crippen LogP contribution in [0.4, 0.5) is 0 Å². The second-order valence-electron chi connectivity index (χ2n) is 7.02. The van der Waals surface area contributed by atoms with Gasteiger partial charge in [-0.3, -0.25) is 4.79 Å². The number of methoxy groups -OCH3 is 3. The Morgan fingerprint density at radius 1 is 0.967 bits per heavy atom. The van der Waals surface area contributed by atoms with Gasteiger partial charge >= 0.3 is 0 Å². The van der Waals surface area contributed by atoms with Gasteiger partial charge in [0.05, 0.1) is 31.5 Å². The van der Waals surface area contributed by atoms with E-state index in [4.69, 9.17) is 18.9 Å². The van der Waals surface area contributed by atoms with E-state index >= 15 is 0 Å². The number of likely N-dealkylation sites (tertiary alicyclic amines) is 1. The summed E-state index contributed by atoms with van der Waals surface area (Å²) in [4.78, 5) is 19.3. The van der Waals surface area contributed by atoms with Crippen molar-refractivity contribution in [3.8, 4) is 22.4 Å². The Morgan fingerprint density at radius 3 is 2.27 bits per heavy atom. The van der Waals surface area contributed by atoms with E-state index in [0.717, 1.165) is 28.8 Å². The van der Waals surface area contributed by atoms with Crippen LogP contribution in [0.1, 0.15) is 23.2 Å². The van der Waals surface area contributed by atoms with Crippen molar-refractivity contribution < 1.29 is 23.7 Å². The molecule has 7 nitrogen and oxygen atoms in total. The van der Waals surface area contributed by atoms with E-state index in [1.807, 2.05) is 23.1 Å². The number of amides is 1. The molecule has 1 aliphatic heterocycles. The molecular formula is C22H24N2O5S. The summed E-state index contributed by atoms with van der Waals surface area (Å²) < 4.78 is 23.0. The quantitative estimate of drug-likeness (QED) is 0.591. The van der Waals surface area contributed by atoms with Crippen LogP contribution in [0, 0.1) is 0 Å². The van der Waals surface area contributed by atoms with Gasteiger partial charge in [0.15, 0.2) is 0 Å². The van der Waals surface area contributed by atoms with Gasteiger partial charge in [-0.05, 0) is 30.3 Å². The molecule has 1 aromatic heterocycles. The van der Waals surface area contributed by atoms with Crippen molar-refractivity contribution >= 4 is 27.5 Å². The number of piperidine rings is 1. The lowest BCUT2D eigenvalue weighted by Crippen LogP contribution is -2.41. The summed E-state index contributed by atoms with van der Waals surface area (Å²) in [7, 11) is 4.80. The number of thiazole rings is 1. The van der Waals surface area contributed by atoms with Gasteiger partial charge in [0, 0.05) is 37.6 Å². The molecule has 2 aromatic carbocycles. The third-order valence-electron chi connectivity index (χ3n) is 5.17. The zero-order chi connectivity index (χ0) is 21.1. The number of fused-ring (bicyclic) bond motifs is 1. The Hall–Kier alpha value is -3.00. The summed E-state index contributed by atoms with van der Waals surface area (Å²) >= 11 is 1.51. The first-order valence-corrected chi connectivity index (χ1v) is 10.5. The number of hydrogen-bond acceptors (Lipinski definition) is 7. The average Bonchev–Trinajstić information content (AvgIpc) is 3.19. The molecule has 0 atom stereocenters. The van der Waals surface area contributed by atoms with Crippen molar-refractivity contribution in [1.29, 1.82) is 0 Å². The largest absolute Gasteiger partial charge is 0.497 e. The highest BCUT2D eigenvalue weighted by atomic mass is 32.1. The van der Waals surface area contributed by atoms with Crippen LogP contribution >= 0.6 is 11.3 Å². The first-order valence-electron chi connectivity index (χ1n) is 9.73. The van der Waals surface area contributed by atoms with Gasteiger partial charge in [-0.15, -0.1) is 0 Å². The van der Waals surface area contributed by atoms with Crippen LogP contribution in [0.3, 0.4) is 0 Å². The minimum Gasteiger partial charge on any atom is -0.497 e. The van der Waals surface area contributed by atoms with Crippen LogP contribution in [0.2, 0.25) is 0 Å². The average molecular weight is 429 g/mol. The fourth-order valence-corrected chi connectivity index (χ4v) is 4.40. The van der Waals surface area contributed by atoms with Gasteiger partial charge in [-0.25, -0.2) is 4.98 Å². The van der Waals surface area contributed by atoms with E-state index in [2.05, 4.69) is 4.98 Å². The second kappa shape index (κ2) is 8.79. The zero-order valence-electron chi connectivity index (χ0n) is 17.2. The van der Waals surface area contributed by atoms with Crippen molar-refractivity contribution in [2.75, 3.05) is 34.4 Å². The fourth-order valence-electron chi connectivity index (χ4n) is 3.49. The second-order valence-corrected chi connectivity index (χ2v) is 8.02. The fraction of sp³-hybridized carbons (Fsp3) is 0.364. The highest BCUT2D eigenvalue weighted by Crippen LogP contribution is 2.32. The van der Waals surface area contributed by atoms with E-state index < -0.39 is 0 Å². The molecule has 0 bridgehead atoms. The lowest BCUT2D eigenvalue weighted by molar-refractivity contribution is 0.0595. The molecule has 1 amide bonds. The number of hydrogen-bond donors (Lipinski definition) is 0.